The van der Waals surface area contributed by atoms with Crippen molar-refractivity contribution in [3.8, 4) is 17.6 Å². The van der Waals surface area contributed by atoms with Gasteiger partial charge in [-0.1, -0.05) is 42.5 Å². The molecule has 4 rings (SSSR count). The Bertz CT molecular complexity index is 1000. The molecular formula is C23H17NO3. The summed E-state index contributed by atoms with van der Waals surface area (Å²) in [6.07, 6.45) is 0.0710. The minimum Gasteiger partial charge on any atom is -0.492 e. The van der Waals surface area contributed by atoms with E-state index in [0.29, 0.717) is 35.7 Å². The van der Waals surface area contributed by atoms with Crippen LogP contribution in [-0.4, -0.2) is 12.4 Å². The molecular weight excluding hydrogens is 338 g/mol. The van der Waals surface area contributed by atoms with Crippen molar-refractivity contribution in [1.82, 2.24) is 0 Å². The van der Waals surface area contributed by atoms with Gasteiger partial charge in [0.1, 0.15) is 17.6 Å². The number of ketones is 1. The van der Waals surface area contributed by atoms with Gasteiger partial charge < -0.3 is 9.47 Å². The summed E-state index contributed by atoms with van der Waals surface area (Å²) in [4.78, 5) is 12.0. The summed E-state index contributed by atoms with van der Waals surface area (Å²) in [5.41, 5.74) is 3.14. The van der Waals surface area contributed by atoms with Crippen LogP contribution in [0.4, 0.5) is 0 Å². The number of benzene rings is 3. The van der Waals surface area contributed by atoms with Gasteiger partial charge in [0.2, 0.25) is 0 Å². The molecule has 1 aliphatic heterocycles. The van der Waals surface area contributed by atoms with Gasteiger partial charge in [0.05, 0.1) is 23.8 Å². The number of fused-ring (bicyclic) bond motifs is 1. The van der Waals surface area contributed by atoms with Gasteiger partial charge in [-0.2, -0.15) is 5.26 Å². The molecule has 0 amide bonds. The molecule has 0 aromatic heterocycles. The third kappa shape index (κ3) is 3.54. The highest BCUT2D eigenvalue weighted by Crippen LogP contribution is 2.33. The number of Topliss-reactive ketones (excluding diaryl/α,β-unsaturated/α-hetero) is 1. The first-order valence-corrected chi connectivity index (χ1v) is 8.76. The minimum absolute atomic E-state index is 0.0921. The van der Waals surface area contributed by atoms with Crippen LogP contribution in [0.5, 0.6) is 11.5 Å². The molecule has 3 aromatic carbocycles. The normalized spacial score (nSPS) is 13.8. The third-order valence-corrected chi connectivity index (χ3v) is 4.54. The summed E-state index contributed by atoms with van der Waals surface area (Å²) < 4.78 is 11.9. The standard InChI is InChI=1S/C23H17NO3/c24-15-16-6-8-18(9-7-16)23(17-4-2-1-3-5-17)27-19-10-11-20-21(25)12-13-26-22(20)14-19/h1-11,14,23H,12-13H2. The number of rotatable bonds is 4. The number of nitriles is 1. The lowest BCUT2D eigenvalue weighted by Gasteiger charge is -2.22. The molecule has 4 heteroatoms. The van der Waals surface area contributed by atoms with E-state index in [4.69, 9.17) is 14.7 Å². The molecule has 0 N–H and O–H groups in total. The molecule has 0 bridgehead atoms. The van der Waals surface area contributed by atoms with E-state index >= 15 is 0 Å². The average Bonchev–Trinajstić information content (AvgIpc) is 2.73. The zero-order valence-corrected chi connectivity index (χ0v) is 14.6. The highest BCUT2D eigenvalue weighted by Gasteiger charge is 2.21. The van der Waals surface area contributed by atoms with E-state index in [1.54, 1.807) is 30.3 Å². The molecule has 0 saturated heterocycles. The second kappa shape index (κ2) is 7.35. The van der Waals surface area contributed by atoms with Gasteiger partial charge in [0, 0.05) is 12.5 Å². The maximum absolute atomic E-state index is 12.0. The lowest BCUT2D eigenvalue weighted by molar-refractivity contribution is 0.0933. The minimum atomic E-state index is -0.337. The lowest BCUT2D eigenvalue weighted by atomic mass is 10.00. The maximum Gasteiger partial charge on any atom is 0.169 e. The van der Waals surface area contributed by atoms with Crippen LogP contribution in [0.3, 0.4) is 0 Å². The van der Waals surface area contributed by atoms with Crippen molar-refractivity contribution in [3.05, 3.63) is 95.1 Å². The second-order valence-corrected chi connectivity index (χ2v) is 6.32. The van der Waals surface area contributed by atoms with Crippen molar-refractivity contribution in [2.24, 2.45) is 0 Å². The number of ether oxygens (including phenoxy) is 2. The van der Waals surface area contributed by atoms with Gasteiger partial charge in [-0.15, -0.1) is 0 Å². The van der Waals surface area contributed by atoms with E-state index < -0.39 is 0 Å². The molecule has 0 fully saturated rings. The molecule has 1 unspecified atom stereocenters. The van der Waals surface area contributed by atoms with Gasteiger partial charge in [0.25, 0.3) is 0 Å². The molecule has 3 aromatic rings. The summed E-state index contributed by atoms with van der Waals surface area (Å²) in [5, 5.41) is 9.03. The molecule has 132 valence electrons. The van der Waals surface area contributed by atoms with Crippen LogP contribution in [0.25, 0.3) is 0 Å². The van der Waals surface area contributed by atoms with E-state index in [2.05, 4.69) is 6.07 Å². The zero-order chi connectivity index (χ0) is 18.6. The molecule has 0 saturated carbocycles. The van der Waals surface area contributed by atoms with Gasteiger partial charge in [-0.05, 0) is 35.4 Å². The van der Waals surface area contributed by atoms with Crippen LogP contribution in [-0.2, 0) is 0 Å². The van der Waals surface area contributed by atoms with Crippen molar-refractivity contribution in [1.29, 1.82) is 5.26 Å². The molecule has 1 atom stereocenters. The fraction of sp³-hybridized carbons (Fsp3) is 0.130. The first-order chi connectivity index (χ1) is 13.2. The van der Waals surface area contributed by atoms with E-state index in [0.717, 1.165) is 11.1 Å². The zero-order valence-electron chi connectivity index (χ0n) is 14.6. The Labute approximate surface area is 157 Å². The summed E-state index contributed by atoms with van der Waals surface area (Å²) in [6, 6.07) is 24.7. The quantitative estimate of drug-likeness (QED) is 0.681. The molecule has 0 spiro atoms. The predicted molar refractivity (Wildman–Crippen MR) is 101 cm³/mol. The van der Waals surface area contributed by atoms with Crippen molar-refractivity contribution < 1.29 is 14.3 Å². The molecule has 1 aliphatic rings. The van der Waals surface area contributed by atoms with Crippen molar-refractivity contribution >= 4 is 5.78 Å². The SMILES string of the molecule is N#Cc1ccc(C(Oc2ccc3c(c2)OCCC3=O)c2ccccc2)cc1. The Morgan fingerprint density at radius 2 is 1.70 bits per heavy atom. The summed E-state index contributed by atoms with van der Waals surface area (Å²) in [5.74, 6) is 1.28. The maximum atomic E-state index is 12.0. The second-order valence-electron chi connectivity index (χ2n) is 6.32. The molecule has 0 radical (unpaired) electrons. The number of nitrogens with zero attached hydrogens (tertiary/aromatic N) is 1. The predicted octanol–water partition coefficient (Wildman–Crippen LogP) is 4.69. The number of carbonyl (C=O) groups is 1. The smallest absolute Gasteiger partial charge is 0.169 e. The van der Waals surface area contributed by atoms with Gasteiger partial charge >= 0.3 is 0 Å². The molecule has 27 heavy (non-hydrogen) atoms. The number of hydrogen-bond donors (Lipinski definition) is 0. The monoisotopic (exact) mass is 355 g/mol. The first kappa shape index (κ1) is 16.9. The summed E-state index contributed by atoms with van der Waals surface area (Å²) in [6.45, 7) is 0.396. The van der Waals surface area contributed by atoms with Crippen molar-refractivity contribution in [3.63, 3.8) is 0 Å². The van der Waals surface area contributed by atoms with Crippen LogP contribution < -0.4 is 9.47 Å². The van der Waals surface area contributed by atoms with Crippen LogP contribution in [0.15, 0.2) is 72.8 Å². The lowest BCUT2D eigenvalue weighted by Crippen LogP contribution is -2.15. The Kier molecular flexibility index (Phi) is 4.59. The van der Waals surface area contributed by atoms with E-state index in [1.807, 2.05) is 42.5 Å². The van der Waals surface area contributed by atoms with Gasteiger partial charge in [-0.3, -0.25) is 4.79 Å². The summed E-state index contributed by atoms with van der Waals surface area (Å²) in [7, 11) is 0. The van der Waals surface area contributed by atoms with E-state index in [9.17, 15) is 4.79 Å². The Morgan fingerprint density at radius 3 is 2.44 bits per heavy atom. The Hall–Kier alpha value is -3.58. The van der Waals surface area contributed by atoms with Crippen LogP contribution >= 0.6 is 0 Å². The van der Waals surface area contributed by atoms with Crippen molar-refractivity contribution in [2.45, 2.75) is 12.5 Å². The van der Waals surface area contributed by atoms with Gasteiger partial charge in [0.15, 0.2) is 5.78 Å². The van der Waals surface area contributed by atoms with Crippen LogP contribution in [0.1, 0.15) is 39.6 Å². The fourth-order valence-electron chi connectivity index (χ4n) is 3.14. The third-order valence-electron chi connectivity index (χ3n) is 4.54. The Balaban J connectivity index is 1.69. The molecule has 0 aliphatic carbocycles. The average molecular weight is 355 g/mol. The number of hydrogen-bond acceptors (Lipinski definition) is 4. The Morgan fingerprint density at radius 1 is 0.963 bits per heavy atom. The highest BCUT2D eigenvalue weighted by molar-refractivity contribution is 5.99. The van der Waals surface area contributed by atoms with E-state index in [-0.39, 0.29) is 11.9 Å². The topological polar surface area (TPSA) is 59.3 Å². The summed E-state index contributed by atoms with van der Waals surface area (Å²) >= 11 is 0. The largest absolute Gasteiger partial charge is 0.492 e. The van der Waals surface area contributed by atoms with E-state index in [1.165, 1.54) is 0 Å². The van der Waals surface area contributed by atoms with Crippen molar-refractivity contribution in [2.75, 3.05) is 6.61 Å². The number of carbonyl (C=O) groups excluding carboxylic acids is 1. The molecule has 1 heterocycles. The fourth-order valence-corrected chi connectivity index (χ4v) is 3.14. The van der Waals surface area contributed by atoms with Crippen LogP contribution in [0.2, 0.25) is 0 Å². The molecule has 4 nitrogen and oxygen atoms in total. The highest BCUT2D eigenvalue weighted by atomic mass is 16.5. The van der Waals surface area contributed by atoms with Crippen LogP contribution in [0, 0.1) is 11.3 Å². The first-order valence-electron chi connectivity index (χ1n) is 8.76. The van der Waals surface area contributed by atoms with Gasteiger partial charge in [-0.25, -0.2) is 0 Å².